The Bertz CT molecular complexity index is 413. The average molecular weight is 281 g/mol. The summed E-state index contributed by atoms with van der Waals surface area (Å²) in [5.74, 6) is 0.991. The third kappa shape index (κ3) is 3.76. The topological polar surface area (TPSA) is 46.1 Å². The van der Waals surface area contributed by atoms with E-state index in [9.17, 15) is 4.79 Å². The van der Waals surface area contributed by atoms with Crippen molar-refractivity contribution in [3.05, 3.63) is 24.0 Å². The Balaban J connectivity index is 2.03. The monoisotopic (exact) mass is 281 g/mol. The fourth-order valence-corrected chi connectivity index (χ4v) is 3.16. The van der Waals surface area contributed by atoms with Crippen molar-refractivity contribution < 1.29 is 4.79 Å². The van der Waals surface area contributed by atoms with Crippen LogP contribution >= 0.6 is 11.8 Å². The zero-order valence-corrected chi connectivity index (χ0v) is 12.5. The Morgan fingerprint density at radius 2 is 2.32 bits per heavy atom. The van der Waals surface area contributed by atoms with Gasteiger partial charge in [0.05, 0.1) is 0 Å². The van der Waals surface area contributed by atoms with E-state index in [0.717, 1.165) is 37.4 Å². The van der Waals surface area contributed by atoms with Crippen LogP contribution in [0.4, 0.5) is 0 Å². The van der Waals surface area contributed by atoms with Crippen LogP contribution < -0.4 is 10.6 Å². The Hall–Kier alpha value is -0.940. The summed E-state index contributed by atoms with van der Waals surface area (Å²) >= 11 is 1.75. The highest BCUT2D eigenvalue weighted by molar-refractivity contribution is 7.98. The third-order valence-electron chi connectivity index (χ3n) is 3.51. The van der Waals surface area contributed by atoms with Gasteiger partial charge < -0.3 is 15.2 Å². The summed E-state index contributed by atoms with van der Waals surface area (Å²) in [5, 5.41) is 6.42. The van der Waals surface area contributed by atoms with E-state index in [0.29, 0.717) is 6.04 Å². The molecule has 2 rings (SSSR count). The lowest BCUT2D eigenvalue weighted by Gasteiger charge is -2.26. The fourth-order valence-electron chi connectivity index (χ4n) is 2.58. The number of carbonyl (C=O) groups excluding carboxylic acids is 1. The molecule has 19 heavy (non-hydrogen) atoms. The molecular weight excluding hydrogens is 258 g/mol. The molecule has 5 heteroatoms. The summed E-state index contributed by atoms with van der Waals surface area (Å²) in [7, 11) is 0. The van der Waals surface area contributed by atoms with E-state index in [4.69, 9.17) is 0 Å². The second-order valence-corrected chi connectivity index (χ2v) is 6.02. The Labute approximate surface area is 119 Å². The smallest absolute Gasteiger partial charge is 0.268 e. The van der Waals surface area contributed by atoms with Gasteiger partial charge in [-0.15, -0.1) is 0 Å². The largest absolute Gasteiger partial charge is 0.347 e. The van der Waals surface area contributed by atoms with Crippen molar-refractivity contribution in [2.45, 2.75) is 31.8 Å². The van der Waals surface area contributed by atoms with E-state index >= 15 is 0 Å². The highest BCUT2D eigenvalue weighted by Gasteiger charge is 2.20. The lowest BCUT2D eigenvalue weighted by molar-refractivity contribution is 0.0931. The zero-order valence-electron chi connectivity index (χ0n) is 11.7. The highest BCUT2D eigenvalue weighted by atomic mass is 32.2. The molecule has 1 aromatic heterocycles. The first-order valence-electron chi connectivity index (χ1n) is 6.89. The number of piperidine rings is 1. The van der Waals surface area contributed by atoms with Gasteiger partial charge in [-0.1, -0.05) is 0 Å². The molecule has 0 spiro atoms. The molecule has 1 aliphatic rings. The van der Waals surface area contributed by atoms with E-state index in [-0.39, 0.29) is 11.9 Å². The van der Waals surface area contributed by atoms with Crippen molar-refractivity contribution in [3.63, 3.8) is 0 Å². The van der Waals surface area contributed by atoms with Gasteiger partial charge in [-0.2, -0.15) is 11.8 Å². The summed E-state index contributed by atoms with van der Waals surface area (Å²) < 4.78 is 2.14. The number of thioether (sulfide) groups is 1. The van der Waals surface area contributed by atoms with Crippen molar-refractivity contribution >= 4 is 17.7 Å². The number of amides is 1. The zero-order chi connectivity index (χ0) is 13.7. The molecule has 0 bridgehead atoms. The second-order valence-electron chi connectivity index (χ2n) is 5.11. The first kappa shape index (κ1) is 14.5. The van der Waals surface area contributed by atoms with E-state index < -0.39 is 0 Å². The fraction of sp³-hybridized carbons (Fsp3) is 0.643. The van der Waals surface area contributed by atoms with Crippen LogP contribution in [0.25, 0.3) is 0 Å². The molecule has 4 nitrogen and oxygen atoms in total. The van der Waals surface area contributed by atoms with Crippen LogP contribution in [0.5, 0.6) is 0 Å². The third-order valence-corrected chi connectivity index (χ3v) is 4.34. The SMILES string of the molecule is CSCC(C)NC(=O)c1cccn1C1CCNCC1. The van der Waals surface area contributed by atoms with Crippen molar-refractivity contribution in [2.75, 3.05) is 25.1 Å². The molecule has 1 aliphatic heterocycles. The number of hydrogen-bond donors (Lipinski definition) is 2. The summed E-state index contributed by atoms with van der Waals surface area (Å²) in [6.07, 6.45) is 6.27. The van der Waals surface area contributed by atoms with Gasteiger partial charge in [-0.25, -0.2) is 0 Å². The Morgan fingerprint density at radius 1 is 1.58 bits per heavy atom. The predicted molar refractivity (Wildman–Crippen MR) is 80.9 cm³/mol. The molecule has 0 radical (unpaired) electrons. The van der Waals surface area contributed by atoms with Crippen LogP contribution in [0, 0.1) is 0 Å². The van der Waals surface area contributed by atoms with Gasteiger partial charge >= 0.3 is 0 Å². The van der Waals surface area contributed by atoms with Gasteiger partial charge in [-0.3, -0.25) is 4.79 Å². The Kier molecular flexibility index (Phi) is 5.34. The first-order chi connectivity index (χ1) is 9.22. The molecule has 1 fully saturated rings. The molecule has 1 aromatic rings. The minimum absolute atomic E-state index is 0.0464. The summed E-state index contributed by atoms with van der Waals surface area (Å²) in [6, 6.07) is 4.55. The van der Waals surface area contributed by atoms with Gasteiger partial charge in [0.15, 0.2) is 0 Å². The van der Waals surface area contributed by atoms with Crippen LogP contribution in [0.15, 0.2) is 18.3 Å². The number of hydrogen-bond acceptors (Lipinski definition) is 3. The molecule has 2 N–H and O–H groups in total. The molecule has 1 unspecified atom stereocenters. The predicted octanol–water partition coefficient (Wildman–Crippen LogP) is 1.89. The molecule has 0 aromatic carbocycles. The molecule has 1 amide bonds. The maximum atomic E-state index is 12.3. The van der Waals surface area contributed by atoms with Gasteiger partial charge in [0, 0.05) is 24.0 Å². The molecule has 1 saturated heterocycles. The molecule has 1 atom stereocenters. The number of rotatable bonds is 5. The van der Waals surface area contributed by atoms with Crippen LogP contribution in [0.2, 0.25) is 0 Å². The standard InChI is InChI=1S/C14H23N3OS/c1-11(10-19-2)16-14(18)13-4-3-9-17(13)12-5-7-15-8-6-12/h3-4,9,11-12,15H,5-8,10H2,1-2H3,(H,16,18). The number of nitrogens with zero attached hydrogens (tertiary/aromatic N) is 1. The van der Waals surface area contributed by atoms with Crippen LogP contribution in [-0.2, 0) is 0 Å². The van der Waals surface area contributed by atoms with Crippen molar-refractivity contribution in [1.29, 1.82) is 0 Å². The van der Waals surface area contributed by atoms with Crippen LogP contribution in [0.3, 0.4) is 0 Å². The van der Waals surface area contributed by atoms with Crippen molar-refractivity contribution in [3.8, 4) is 0 Å². The number of nitrogens with one attached hydrogen (secondary N) is 2. The first-order valence-corrected chi connectivity index (χ1v) is 8.29. The van der Waals surface area contributed by atoms with Gasteiger partial charge in [-0.05, 0) is 51.2 Å². The molecule has 2 heterocycles. The van der Waals surface area contributed by atoms with Gasteiger partial charge in [0.25, 0.3) is 5.91 Å². The van der Waals surface area contributed by atoms with Crippen molar-refractivity contribution in [1.82, 2.24) is 15.2 Å². The highest BCUT2D eigenvalue weighted by Crippen LogP contribution is 2.21. The second kappa shape index (κ2) is 7.01. The lowest BCUT2D eigenvalue weighted by Crippen LogP contribution is -2.37. The minimum atomic E-state index is 0.0464. The summed E-state index contributed by atoms with van der Waals surface area (Å²) in [6.45, 7) is 4.12. The summed E-state index contributed by atoms with van der Waals surface area (Å²) in [5.41, 5.74) is 0.792. The summed E-state index contributed by atoms with van der Waals surface area (Å²) in [4.78, 5) is 12.3. The molecular formula is C14H23N3OS. The molecule has 0 saturated carbocycles. The van der Waals surface area contributed by atoms with Gasteiger partial charge in [0.2, 0.25) is 0 Å². The van der Waals surface area contributed by atoms with E-state index in [1.54, 1.807) is 11.8 Å². The Morgan fingerprint density at radius 3 is 3.00 bits per heavy atom. The lowest BCUT2D eigenvalue weighted by atomic mass is 10.1. The van der Waals surface area contributed by atoms with Crippen molar-refractivity contribution in [2.24, 2.45) is 0 Å². The van der Waals surface area contributed by atoms with Crippen LogP contribution in [-0.4, -0.2) is 41.6 Å². The maximum Gasteiger partial charge on any atom is 0.268 e. The number of aromatic nitrogens is 1. The molecule has 106 valence electrons. The normalized spacial score (nSPS) is 18.2. The maximum absolute atomic E-state index is 12.3. The number of carbonyl (C=O) groups is 1. The average Bonchev–Trinajstić information content (AvgIpc) is 2.89. The van der Waals surface area contributed by atoms with E-state index in [1.807, 2.05) is 25.3 Å². The van der Waals surface area contributed by atoms with E-state index in [1.165, 1.54) is 0 Å². The minimum Gasteiger partial charge on any atom is -0.347 e. The quantitative estimate of drug-likeness (QED) is 0.866. The van der Waals surface area contributed by atoms with Gasteiger partial charge in [0.1, 0.15) is 5.69 Å². The van der Waals surface area contributed by atoms with E-state index in [2.05, 4.69) is 21.5 Å². The van der Waals surface area contributed by atoms with Crippen LogP contribution in [0.1, 0.15) is 36.3 Å². The molecule has 0 aliphatic carbocycles.